The summed E-state index contributed by atoms with van der Waals surface area (Å²) in [5.41, 5.74) is 2.64. The molecule has 0 aliphatic carbocycles. The molecule has 0 fully saturated rings. The maximum absolute atomic E-state index is 4.92. The third kappa shape index (κ3) is 4.63. The summed E-state index contributed by atoms with van der Waals surface area (Å²) in [4.78, 5) is 6.29. The first-order valence-corrected chi connectivity index (χ1v) is 8.95. The average Bonchev–Trinajstić information content (AvgIpc) is 2.82. The van der Waals surface area contributed by atoms with Crippen molar-refractivity contribution in [2.24, 2.45) is 0 Å². The molecule has 4 heteroatoms. The van der Waals surface area contributed by atoms with Gasteiger partial charge in [0.1, 0.15) is 0 Å². The number of thiazole rings is 1. The Morgan fingerprint density at radius 2 is 1.86 bits per heavy atom. The van der Waals surface area contributed by atoms with E-state index in [-0.39, 0.29) is 5.41 Å². The van der Waals surface area contributed by atoms with E-state index in [1.165, 1.54) is 21.1 Å². The van der Waals surface area contributed by atoms with Crippen LogP contribution in [0.3, 0.4) is 0 Å². The topological polar surface area (TPSA) is 24.9 Å². The molecule has 0 amide bonds. The number of hydrogen-bond donors (Lipinski definition) is 1. The van der Waals surface area contributed by atoms with Gasteiger partial charge in [-0.2, -0.15) is 0 Å². The van der Waals surface area contributed by atoms with Gasteiger partial charge in [-0.1, -0.05) is 55.8 Å². The molecule has 0 saturated carbocycles. The molecule has 0 unspecified atom stereocenters. The third-order valence-corrected chi connectivity index (χ3v) is 4.84. The molecule has 1 heterocycles. The standard InChI is InChI=1S/C17H23BrN2S/c1-5-19-11-14-16(17(2,3)4)20-15(21-14)10-12-6-8-13(18)9-7-12/h6-9,19H,5,10-11H2,1-4H3. The summed E-state index contributed by atoms with van der Waals surface area (Å²) >= 11 is 5.32. The van der Waals surface area contributed by atoms with E-state index in [1.54, 1.807) is 0 Å². The number of nitrogens with zero attached hydrogens (tertiary/aromatic N) is 1. The van der Waals surface area contributed by atoms with Crippen molar-refractivity contribution in [1.82, 2.24) is 10.3 Å². The monoisotopic (exact) mass is 366 g/mol. The number of hydrogen-bond acceptors (Lipinski definition) is 3. The fourth-order valence-corrected chi connectivity index (χ4v) is 3.74. The highest BCUT2D eigenvalue weighted by Crippen LogP contribution is 2.30. The van der Waals surface area contributed by atoms with Crippen LogP contribution in [0.2, 0.25) is 0 Å². The first-order valence-electron chi connectivity index (χ1n) is 7.34. The number of benzene rings is 1. The SMILES string of the molecule is CCNCc1sc(Cc2ccc(Br)cc2)nc1C(C)(C)C. The minimum Gasteiger partial charge on any atom is -0.312 e. The van der Waals surface area contributed by atoms with Gasteiger partial charge in [-0.05, 0) is 24.2 Å². The van der Waals surface area contributed by atoms with Gasteiger partial charge in [0.15, 0.2) is 0 Å². The fraction of sp³-hybridized carbons (Fsp3) is 0.471. The van der Waals surface area contributed by atoms with E-state index in [9.17, 15) is 0 Å². The van der Waals surface area contributed by atoms with Crippen molar-refractivity contribution in [3.63, 3.8) is 0 Å². The Kier molecular flexibility index (Phi) is 5.58. The maximum Gasteiger partial charge on any atom is 0.0975 e. The highest BCUT2D eigenvalue weighted by Gasteiger charge is 2.22. The van der Waals surface area contributed by atoms with Gasteiger partial charge in [0.2, 0.25) is 0 Å². The average molecular weight is 367 g/mol. The summed E-state index contributed by atoms with van der Waals surface area (Å²) < 4.78 is 1.12. The van der Waals surface area contributed by atoms with Crippen LogP contribution in [0.4, 0.5) is 0 Å². The lowest BCUT2D eigenvalue weighted by atomic mass is 9.91. The van der Waals surface area contributed by atoms with Crippen LogP contribution in [0, 0.1) is 0 Å². The highest BCUT2D eigenvalue weighted by molar-refractivity contribution is 9.10. The van der Waals surface area contributed by atoms with Gasteiger partial charge in [0, 0.05) is 27.7 Å². The lowest BCUT2D eigenvalue weighted by Gasteiger charge is -2.17. The summed E-state index contributed by atoms with van der Waals surface area (Å²) in [6.07, 6.45) is 0.910. The predicted molar refractivity (Wildman–Crippen MR) is 95.1 cm³/mol. The van der Waals surface area contributed by atoms with Gasteiger partial charge in [0.25, 0.3) is 0 Å². The molecule has 0 aliphatic rings. The lowest BCUT2D eigenvalue weighted by molar-refractivity contribution is 0.559. The minimum absolute atomic E-state index is 0.0964. The van der Waals surface area contributed by atoms with Gasteiger partial charge in [-0.3, -0.25) is 0 Å². The molecule has 2 rings (SSSR count). The van der Waals surface area contributed by atoms with E-state index in [1.807, 2.05) is 11.3 Å². The summed E-state index contributed by atoms with van der Waals surface area (Å²) in [6.45, 7) is 10.8. The zero-order valence-corrected chi connectivity index (χ0v) is 15.6. The Morgan fingerprint density at radius 3 is 2.43 bits per heavy atom. The zero-order valence-electron chi connectivity index (χ0n) is 13.2. The second kappa shape index (κ2) is 7.03. The molecule has 1 N–H and O–H groups in total. The molecular weight excluding hydrogens is 344 g/mol. The summed E-state index contributed by atoms with van der Waals surface area (Å²) in [6, 6.07) is 8.50. The van der Waals surface area contributed by atoms with E-state index >= 15 is 0 Å². The van der Waals surface area contributed by atoms with Crippen LogP contribution in [-0.2, 0) is 18.4 Å². The number of halogens is 1. The Balaban J connectivity index is 2.23. The van der Waals surface area contributed by atoms with Crippen molar-refractivity contribution in [3.05, 3.63) is 49.9 Å². The van der Waals surface area contributed by atoms with Crippen molar-refractivity contribution in [1.29, 1.82) is 0 Å². The summed E-state index contributed by atoms with van der Waals surface area (Å²) in [5.74, 6) is 0. The Morgan fingerprint density at radius 1 is 1.19 bits per heavy atom. The lowest BCUT2D eigenvalue weighted by Crippen LogP contribution is -2.18. The van der Waals surface area contributed by atoms with Gasteiger partial charge in [-0.25, -0.2) is 4.98 Å². The Hall–Kier alpha value is -0.710. The highest BCUT2D eigenvalue weighted by atomic mass is 79.9. The summed E-state index contributed by atoms with van der Waals surface area (Å²) in [7, 11) is 0. The maximum atomic E-state index is 4.92. The molecule has 114 valence electrons. The second-order valence-electron chi connectivity index (χ2n) is 6.21. The molecular formula is C17H23BrN2S. The van der Waals surface area contributed by atoms with Crippen LogP contribution < -0.4 is 5.32 Å². The molecule has 1 aromatic heterocycles. The smallest absolute Gasteiger partial charge is 0.0975 e. The van der Waals surface area contributed by atoms with Crippen molar-refractivity contribution >= 4 is 27.3 Å². The fourth-order valence-electron chi connectivity index (χ4n) is 2.20. The van der Waals surface area contributed by atoms with Crippen molar-refractivity contribution in [3.8, 4) is 0 Å². The first kappa shape index (κ1) is 16.7. The van der Waals surface area contributed by atoms with E-state index in [4.69, 9.17) is 4.98 Å². The third-order valence-electron chi connectivity index (χ3n) is 3.26. The van der Waals surface area contributed by atoms with Gasteiger partial charge < -0.3 is 5.32 Å². The van der Waals surface area contributed by atoms with E-state index in [0.717, 1.165) is 24.0 Å². The quantitative estimate of drug-likeness (QED) is 0.813. The van der Waals surface area contributed by atoms with E-state index < -0.39 is 0 Å². The summed E-state index contributed by atoms with van der Waals surface area (Å²) in [5, 5.41) is 4.63. The van der Waals surface area contributed by atoms with Crippen LogP contribution in [0.25, 0.3) is 0 Å². The van der Waals surface area contributed by atoms with Crippen molar-refractivity contribution in [2.45, 2.75) is 46.1 Å². The van der Waals surface area contributed by atoms with Gasteiger partial charge in [-0.15, -0.1) is 11.3 Å². The van der Waals surface area contributed by atoms with Gasteiger partial charge >= 0.3 is 0 Å². The van der Waals surface area contributed by atoms with Crippen LogP contribution in [0.5, 0.6) is 0 Å². The molecule has 2 aromatic rings. The van der Waals surface area contributed by atoms with Gasteiger partial charge in [0.05, 0.1) is 10.7 Å². The van der Waals surface area contributed by atoms with Crippen LogP contribution in [-0.4, -0.2) is 11.5 Å². The Labute approximate surface area is 140 Å². The largest absolute Gasteiger partial charge is 0.312 e. The van der Waals surface area contributed by atoms with Crippen molar-refractivity contribution < 1.29 is 0 Å². The molecule has 0 aliphatic heterocycles. The number of aromatic nitrogens is 1. The van der Waals surface area contributed by atoms with Crippen LogP contribution >= 0.6 is 27.3 Å². The minimum atomic E-state index is 0.0964. The van der Waals surface area contributed by atoms with E-state index in [2.05, 4.69) is 73.2 Å². The van der Waals surface area contributed by atoms with E-state index in [0.29, 0.717) is 0 Å². The molecule has 2 nitrogen and oxygen atoms in total. The number of rotatable bonds is 5. The molecule has 0 radical (unpaired) electrons. The molecule has 1 aromatic carbocycles. The zero-order chi connectivity index (χ0) is 15.5. The second-order valence-corrected chi connectivity index (χ2v) is 8.30. The molecule has 0 atom stereocenters. The first-order chi connectivity index (χ1) is 9.90. The number of nitrogens with one attached hydrogen (secondary N) is 1. The van der Waals surface area contributed by atoms with Crippen LogP contribution in [0.15, 0.2) is 28.7 Å². The molecule has 0 spiro atoms. The van der Waals surface area contributed by atoms with Crippen LogP contribution in [0.1, 0.15) is 48.8 Å². The molecule has 21 heavy (non-hydrogen) atoms. The Bertz CT molecular complexity index is 582. The normalized spacial score (nSPS) is 11.9. The van der Waals surface area contributed by atoms with Crippen molar-refractivity contribution in [2.75, 3.05) is 6.54 Å². The predicted octanol–water partition coefficient (Wildman–Crippen LogP) is 4.90. The molecule has 0 saturated heterocycles. The molecule has 0 bridgehead atoms.